The summed E-state index contributed by atoms with van der Waals surface area (Å²) < 4.78 is 16.4. The monoisotopic (exact) mass is 395 g/mol. The molecule has 11 nitrogen and oxygen atoms in total. The minimum Gasteiger partial charge on any atom is -0.475 e. The van der Waals surface area contributed by atoms with Gasteiger partial charge in [-0.05, 0) is 13.0 Å². The minimum absolute atomic E-state index is 0.111. The molecule has 12 heteroatoms. The summed E-state index contributed by atoms with van der Waals surface area (Å²) in [5.74, 6) is 0.332. The molecule has 27 heavy (non-hydrogen) atoms. The van der Waals surface area contributed by atoms with Crippen molar-refractivity contribution in [3.05, 3.63) is 39.0 Å². The molecule has 1 amide bonds. The van der Waals surface area contributed by atoms with E-state index in [-0.39, 0.29) is 18.4 Å². The first-order valence-corrected chi connectivity index (χ1v) is 7.98. The third-order valence-corrected chi connectivity index (χ3v) is 4.04. The van der Waals surface area contributed by atoms with Gasteiger partial charge in [0.05, 0.1) is 23.3 Å². The fourth-order valence-corrected chi connectivity index (χ4v) is 2.45. The van der Waals surface area contributed by atoms with Gasteiger partial charge in [0.15, 0.2) is 11.5 Å². The first kappa shape index (κ1) is 18.5. The molecule has 0 bridgehead atoms. The van der Waals surface area contributed by atoms with Crippen LogP contribution in [0, 0.1) is 10.1 Å². The van der Waals surface area contributed by atoms with Crippen molar-refractivity contribution in [1.29, 1.82) is 0 Å². The predicted molar refractivity (Wildman–Crippen MR) is 93.5 cm³/mol. The molecule has 1 N–H and O–H groups in total. The second-order valence-electron chi connectivity index (χ2n) is 5.40. The summed E-state index contributed by atoms with van der Waals surface area (Å²) >= 11 is 6.12. The number of ether oxygens (including phenoxy) is 3. The number of carbonyl (C=O) groups is 1. The van der Waals surface area contributed by atoms with Gasteiger partial charge in [0.25, 0.3) is 5.91 Å². The summed E-state index contributed by atoms with van der Waals surface area (Å²) in [6.07, 6.45) is 2.46. The molecule has 142 valence electrons. The Kier molecular flexibility index (Phi) is 5.12. The molecule has 0 saturated carbocycles. The molecule has 1 aromatic heterocycles. The van der Waals surface area contributed by atoms with Crippen LogP contribution in [0.5, 0.6) is 17.4 Å². The second-order valence-corrected chi connectivity index (χ2v) is 5.81. The zero-order chi connectivity index (χ0) is 19.6. The molecule has 2 aromatic rings. The van der Waals surface area contributed by atoms with Crippen LogP contribution < -0.4 is 19.6 Å². The van der Waals surface area contributed by atoms with Crippen LogP contribution in [0.15, 0.2) is 23.4 Å². The Balaban J connectivity index is 1.69. The van der Waals surface area contributed by atoms with Crippen molar-refractivity contribution in [1.82, 2.24) is 15.2 Å². The Morgan fingerprint density at radius 3 is 2.85 bits per heavy atom. The molecule has 0 aliphatic carbocycles. The van der Waals surface area contributed by atoms with Gasteiger partial charge in [-0.15, -0.1) is 5.10 Å². The third kappa shape index (κ3) is 3.77. The summed E-state index contributed by atoms with van der Waals surface area (Å²) in [4.78, 5) is 22.5. The number of carbonyl (C=O) groups excluding carboxylic acids is 1. The number of hydrazone groups is 1. The lowest BCUT2D eigenvalue weighted by molar-refractivity contribution is -0.385. The van der Waals surface area contributed by atoms with Crippen molar-refractivity contribution in [2.24, 2.45) is 5.10 Å². The van der Waals surface area contributed by atoms with Crippen molar-refractivity contribution in [2.75, 3.05) is 13.9 Å². The first-order chi connectivity index (χ1) is 12.9. The van der Waals surface area contributed by atoms with Crippen molar-refractivity contribution >= 4 is 29.4 Å². The van der Waals surface area contributed by atoms with E-state index < -0.39 is 16.9 Å². The number of nitro groups is 1. The van der Waals surface area contributed by atoms with E-state index in [0.717, 1.165) is 10.9 Å². The molecule has 0 fully saturated rings. The van der Waals surface area contributed by atoms with E-state index in [0.29, 0.717) is 22.1 Å². The van der Waals surface area contributed by atoms with Crippen molar-refractivity contribution in [2.45, 2.75) is 13.0 Å². The Labute approximate surface area is 157 Å². The number of amides is 1. The highest BCUT2D eigenvalue weighted by Crippen LogP contribution is 2.36. The Morgan fingerprint density at radius 2 is 2.22 bits per heavy atom. The van der Waals surface area contributed by atoms with E-state index in [1.54, 1.807) is 12.1 Å². The molecule has 0 saturated heterocycles. The topological polar surface area (TPSA) is 130 Å². The summed E-state index contributed by atoms with van der Waals surface area (Å²) in [6.45, 7) is 1.62. The van der Waals surface area contributed by atoms with Crippen LogP contribution in [0.25, 0.3) is 0 Å². The Hall–Kier alpha value is -3.34. The number of halogens is 1. The van der Waals surface area contributed by atoms with Gasteiger partial charge in [-0.3, -0.25) is 14.9 Å². The molecule has 0 radical (unpaired) electrons. The summed E-state index contributed by atoms with van der Waals surface area (Å²) in [5, 5.41) is 19.0. The molecule has 1 aliphatic heterocycles. The van der Waals surface area contributed by atoms with E-state index in [9.17, 15) is 14.9 Å². The summed E-state index contributed by atoms with van der Waals surface area (Å²) in [7, 11) is 1.25. The summed E-state index contributed by atoms with van der Waals surface area (Å²) in [6, 6.07) is 2.35. The van der Waals surface area contributed by atoms with E-state index >= 15 is 0 Å². The first-order valence-electron chi connectivity index (χ1n) is 7.60. The Morgan fingerprint density at radius 1 is 1.52 bits per heavy atom. The van der Waals surface area contributed by atoms with Gasteiger partial charge in [-0.25, -0.2) is 10.1 Å². The summed E-state index contributed by atoms with van der Waals surface area (Å²) in [5.41, 5.74) is 2.51. The quantitative estimate of drug-likeness (QED) is 0.449. The van der Waals surface area contributed by atoms with E-state index in [1.807, 2.05) is 0 Å². The number of benzene rings is 1. The molecule has 3 rings (SSSR count). The molecule has 1 unspecified atom stereocenters. The number of nitrogens with zero attached hydrogens (tertiary/aromatic N) is 4. The molecule has 1 aliphatic rings. The lowest BCUT2D eigenvalue weighted by atomic mass is 10.2. The molecular weight excluding hydrogens is 382 g/mol. The van der Waals surface area contributed by atoms with Crippen LogP contribution >= 0.6 is 11.6 Å². The molecule has 2 heterocycles. The molecule has 1 aromatic carbocycles. The maximum atomic E-state index is 12.2. The average molecular weight is 396 g/mol. The predicted octanol–water partition coefficient (Wildman–Crippen LogP) is 1.89. The number of rotatable bonds is 6. The fraction of sp³-hybridized carbons (Fsp3) is 0.267. The third-order valence-electron chi connectivity index (χ3n) is 3.72. The second kappa shape index (κ2) is 7.50. The number of nitrogens with one attached hydrogen (secondary N) is 1. The van der Waals surface area contributed by atoms with Crippen LogP contribution in [-0.2, 0) is 4.79 Å². The van der Waals surface area contributed by atoms with Gasteiger partial charge in [-0.2, -0.15) is 5.10 Å². The number of hydrogen-bond acceptors (Lipinski definition) is 8. The number of fused-ring (bicyclic) bond motifs is 1. The van der Waals surface area contributed by atoms with Gasteiger partial charge in [-0.1, -0.05) is 11.6 Å². The van der Waals surface area contributed by atoms with Crippen molar-refractivity contribution in [3.8, 4) is 17.4 Å². The van der Waals surface area contributed by atoms with Gasteiger partial charge >= 0.3 is 11.6 Å². The van der Waals surface area contributed by atoms with Crippen LogP contribution in [0.3, 0.4) is 0 Å². The largest absolute Gasteiger partial charge is 0.475 e. The van der Waals surface area contributed by atoms with Gasteiger partial charge in [0, 0.05) is 11.6 Å². The van der Waals surface area contributed by atoms with Gasteiger partial charge in [0.1, 0.15) is 12.2 Å². The van der Waals surface area contributed by atoms with Crippen molar-refractivity contribution in [3.63, 3.8) is 0 Å². The number of aromatic nitrogens is 2. The Bertz CT molecular complexity index is 928. The molecule has 0 spiro atoms. The maximum absolute atomic E-state index is 12.2. The zero-order valence-electron chi connectivity index (χ0n) is 14.2. The lowest BCUT2D eigenvalue weighted by Crippen LogP contribution is -2.27. The van der Waals surface area contributed by atoms with Crippen molar-refractivity contribution < 1.29 is 23.9 Å². The normalized spacial score (nSPS) is 13.6. The van der Waals surface area contributed by atoms with E-state index in [4.69, 9.17) is 25.8 Å². The fourth-order valence-electron chi connectivity index (χ4n) is 2.25. The van der Waals surface area contributed by atoms with Crippen LogP contribution in [0.1, 0.15) is 18.5 Å². The number of methoxy groups -OCH3 is 1. The highest BCUT2D eigenvalue weighted by Gasteiger charge is 2.25. The maximum Gasteiger partial charge on any atom is 0.350 e. The molecule has 1 atom stereocenters. The van der Waals surface area contributed by atoms with Gasteiger partial charge in [0.2, 0.25) is 6.79 Å². The van der Waals surface area contributed by atoms with E-state index in [2.05, 4.69) is 15.6 Å². The van der Waals surface area contributed by atoms with Crippen LogP contribution in [-0.4, -0.2) is 40.7 Å². The standard InChI is InChI=1S/C15H14ClN5O6/c1-8(20-6-11(21(23)24)15(19-20)25-2)14(22)18-17-5-9-3-12-13(4-10(9)16)27-7-26-12/h3-6,8H,7H2,1-2H3,(H,18,22)/b17-5+. The lowest BCUT2D eigenvalue weighted by Gasteiger charge is -2.09. The minimum atomic E-state index is -0.864. The van der Waals surface area contributed by atoms with E-state index in [1.165, 1.54) is 20.2 Å². The smallest absolute Gasteiger partial charge is 0.350 e. The van der Waals surface area contributed by atoms with Crippen LogP contribution in [0.2, 0.25) is 5.02 Å². The highest BCUT2D eigenvalue weighted by atomic mass is 35.5. The zero-order valence-corrected chi connectivity index (χ0v) is 15.0. The molecular formula is C15H14ClN5O6. The van der Waals surface area contributed by atoms with Crippen LogP contribution in [0.4, 0.5) is 5.69 Å². The number of hydrogen-bond donors (Lipinski definition) is 1. The van der Waals surface area contributed by atoms with Gasteiger partial charge < -0.3 is 14.2 Å². The highest BCUT2D eigenvalue weighted by molar-refractivity contribution is 6.33. The average Bonchev–Trinajstić information content (AvgIpc) is 3.27. The SMILES string of the molecule is COc1nn(C(C)C(=O)N/N=C/c2cc3c(cc2Cl)OCO3)cc1[N+](=O)[O-].